The van der Waals surface area contributed by atoms with Gasteiger partial charge in [-0.1, -0.05) is 11.8 Å². The zero-order chi connectivity index (χ0) is 17.5. The number of carboxylic acids is 2. The summed E-state index contributed by atoms with van der Waals surface area (Å²) in [7, 11) is 0. The fourth-order valence-corrected chi connectivity index (χ4v) is 2.60. The van der Waals surface area contributed by atoms with Crippen molar-refractivity contribution in [2.24, 2.45) is 10.2 Å². The van der Waals surface area contributed by atoms with Crippen molar-refractivity contribution in [3.05, 3.63) is 29.8 Å². The molecule has 1 aromatic rings. The minimum Gasteiger partial charge on any atom is -0.482 e. The van der Waals surface area contributed by atoms with Crippen LogP contribution < -0.4 is 10.1 Å². The summed E-state index contributed by atoms with van der Waals surface area (Å²) >= 11 is 1.01. The van der Waals surface area contributed by atoms with Crippen molar-refractivity contribution in [2.45, 2.75) is 11.7 Å². The monoisotopic (exact) mass is 351 g/mol. The number of carbonyl (C=O) groups excluding carboxylic acids is 1. The largest absolute Gasteiger partial charge is 0.482 e. The number of amides is 1. The summed E-state index contributed by atoms with van der Waals surface area (Å²) in [5.74, 6) is -2.11. The van der Waals surface area contributed by atoms with Gasteiger partial charge in [0.2, 0.25) is 5.91 Å². The second-order valence-corrected chi connectivity index (χ2v) is 5.79. The number of aliphatic carboxylic acids is 2. The van der Waals surface area contributed by atoms with Crippen LogP contribution in [0.3, 0.4) is 0 Å². The Morgan fingerprint density at radius 2 is 1.96 bits per heavy atom. The van der Waals surface area contributed by atoms with E-state index in [1.165, 1.54) is 6.21 Å². The Kier molecular flexibility index (Phi) is 5.90. The number of benzene rings is 1. The van der Waals surface area contributed by atoms with E-state index in [0.717, 1.165) is 11.8 Å². The van der Waals surface area contributed by atoms with Crippen LogP contribution in [0.2, 0.25) is 0 Å². The van der Waals surface area contributed by atoms with Gasteiger partial charge in [0.1, 0.15) is 11.0 Å². The molecule has 9 nitrogen and oxygen atoms in total. The molecule has 1 atom stereocenters. The van der Waals surface area contributed by atoms with E-state index in [0.29, 0.717) is 11.3 Å². The van der Waals surface area contributed by atoms with E-state index in [2.05, 4.69) is 15.5 Å². The molecule has 24 heavy (non-hydrogen) atoms. The van der Waals surface area contributed by atoms with Gasteiger partial charge >= 0.3 is 11.9 Å². The maximum atomic E-state index is 11.5. The molecular formula is C14H13N3O6S. The lowest BCUT2D eigenvalue weighted by Crippen LogP contribution is -2.26. The van der Waals surface area contributed by atoms with Crippen LogP contribution in [0.1, 0.15) is 12.0 Å². The van der Waals surface area contributed by atoms with Gasteiger partial charge in [0.25, 0.3) is 0 Å². The van der Waals surface area contributed by atoms with Crippen LogP contribution >= 0.6 is 11.8 Å². The molecule has 0 radical (unpaired) electrons. The number of hydrogen-bond acceptors (Lipinski definition) is 7. The number of ether oxygens (including phenoxy) is 1. The van der Waals surface area contributed by atoms with Gasteiger partial charge in [0.05, 0.1) is 12.6 Å². The van der Waals surface area contributed by atoms with Gasteiger partial charge in [-0.25, -0.2) is 4.79 Å². The van der Waals surface area contributed by atoms with Crippen molar-refractivity contribution >= 4 is 41.0 Å². The molecule has 1 unspecified atom stereocenters. The summed E-state index contributed by atoms with van der Waals surface area (Å²) in [5, 5.41) is 26.8. The summed E-state index contributed by atoms with van der Waals surface area (Å²) in [6, 6.07) is 6.50. The smallest absolute Gasteiger partial charge is 0.341 e. The van der Waals surface area contributed by atoms with E-state index in [1.54, 1.807) is 24.3 Å². The van der Waals surface area contributed by atoms with Crippen molar-refractivity contribution in [3.8, 4) is 5.75 Å². The lowest BCUT2D eigenvalue weighted by Gasteiger charge is -2.02. The van der Waals surface area contributed by atoms with Gasteiger partial charge in [-0.15, -0.1) is 5.10 Å². The fraction of sp³-hybridized carbons (Fsp3) is 0.214. The first kappa shape index (κ1) is 17.5. The number of rotatable bonds is 7. The zero-order valence-electron chi connectivity index (χ0n) is 12.2. The average Bonchev–Trinajstić information content (AvgIpc) is 2.85. The SMILES string of the molecule is O=C(O)COc1ccc(/C=N/N=C2\NC(=O)C(CC(=O)O)S2)cc1. The van der Waals surface area contributed by atoms with E-state index in [1.807, 2.05) is 0 Å². The minimum atomic E-state index is -1.06. The first-order chi connectivity index (χ1) is 11.4. The van der Waals surface area contributed by atoms with Crippen molar-refractivity contribution < 1.29 is 29.3 Å². The Morgan fingerprint density at radius 1 is 1.25 bits per heavy atom. The summed E-state index contributed by atoms with van der Waals surface area (Å²) in [6.45, 7) is -0.421. The first-order valence-corrected chi connectivity index (χ1v) is 7.57. The maximum Gasteiger partial charge on any atom is 0.341 e. The molecule has 0 saturated carbocycles. The average molecular weight is 351 g/mol. The van der Waals surface area contributed by atoms with E-state index in [9.17, 15) is 14.4 Å². The molecule has 1 amide bonds. The van der Waals surface area contributed by atoms with Gasteiger partial charge in [-0.2, -0.15) is 5.10 Å². The number of carboxylic acid groups (broad SMARTS) is 2. The van der Waals surface area contributed by atoms with E-state index < -0.39 is 29.7 Å². The van der Waals surface area contributed by atoms with Crippen molar-refractivity contribution in [3.63, 3.8) is 0 Å². The maximum absolute atomic E-state index is 11.5. The Morgan fingerprint density at radius 3 is 2.58 bits per heavy atom. The highest BCUT2D eigenvalue weighted by atomic mass is 32.2. The molecule has 2 rings (SSSR count). The molecule has 0 aliphatic carbocycles. The van der Waals surface area contributed by atoms with E-state index in [-0.39, 0.29) is 11.6 Å². The zero-order valence-corrected chi connectivity index (χ0v) is 13.0. The Bertz CT molecular complexity index is 701. The van der Waals surface area contributed by atoms with Crippen molar-refractivity contribution in [1.82, 2.24) is 5.32 Å². The Labute approximate surface area is 140 Å². The number of hydrogen-bond donors (Lipinski definition) is 3. The molecule has 1 heterocycles. The topological polar surface area (TPSA) is 138 Å². The highest BCUT2D eigenvalue weighted by molar-refractivity contribution is 8.15. The summed E-state index contributed by atoms with van der Waals surface area (Å²) in [5.41, 5.74) is 0.693. The van der Waals surface area contributed by atoms with Gasteiger partial charge in [-0.3, -0.25) is 9.59 Å². The van der Waals surface area contributed by atoms with Gasteiger partial charge in [-0.05, 0) is 29.8 Å². The second kappa shape index (κ2) is 8.11. The van der Waals surface area contributed by atoms with Gasteiger partial charge in [0.15, 0.2) is 11.8 Å². The lowest BCUT2D eigenvalue weighted by molar-refractivity contribution is -0.139. The molecular weight excluding hydrogens is 338 g/mol. The van der Waals surface area contributed by atoms with E-state index >= 15 is 0 Å². The molecule has 0 spiro atoms. The molecule has 126 valence electrons. The third-order valence-electron chi connectivity index (χ3n) is 2.73. The van der Waals surface area contributed by atoms with E-state index in [4.69, 9.17) is 14.9 Å². The molecule has 10 heteroatoms. The van der Waals surface area contributed by atoms with Gasteiger partial charge < -0.3 is 20.3 Å². The third-order valence-corrected chi connectivity index (χ3v) is 3.81. The molecule has 1 aliphatic rings. The molecule has 1 saturated heterocycles. The lowest BCUT2D eigenvalue weighted by atomic mass is 10.2. The van der Waals surface area contributed by atoms with Crippen LogP contribution in [0.25, 0.3) is 0 Å². The number of amidine groups is 1. The fourth-order valence-electron chi connectivity index (χ4n) is 1.69. The predicted octanol–water partition coefficient (Wildman–Crippen LogP) is 0.546. The normalized spacial score (nSPS) is 18.8. The summed E-state index contributed by atoms with van der Waals surface area (Å²) in [4.78, 5) is 32.5. The van der Waals surface area contributed by atoms with Crippen molar-refractivity contribution in [1.29, 1.82) is 0 Å². The number of thioether (sulfide) groups is 1. The van der Waals surface area contributed by atoms with Crippen LogP contribution in [0.5, 0.6) is 5.75 Å². The van der Waals surface area contributed by atoms with Crippen LogP contribution in [0, 0.1) is 0 Å². The first-order valence-electron chi connectivity index (χ1n) is 6.69. The molecule has 1 fully saturated rings. The Hall–Kier alpha value is -2.88. The predicted molar refractivity (Wildman–Crippen MR) is 86.4 cm³/mol. The molecule has 3 N–H and O–H groups in total. The third kappa shape index (κ3) is 5.39. The number of carbonyl (C=O) groups is 3. The minimum absolute atomic E-state index is 0.240. The Balaban J connectivity index is 1.90. The number of nitrogens with one attached hydrogen (secondary N) is 1. The molecule has 1 aromatic carbocycles. The van der Waals surface area contributed by atoms with Crippen LogP contribution in [0.15, 0.2) is 34.5 Å². The highest BCUT2D eigenvalue weighted by Gasteiger charge is 2.32. The summed E-state index contributed by atoms with van der Waals surface area (Å²) in [6.07, 6.45) is 1.16. The standard InChI is InChI=1S/C14H13N3O6S/c18-11(19)5-10-13(22)16-14(24-10)17-15-6-8-1-3-9(4-2-8)23-7-12(20)21/h1-4,6,10H,5,7H2,(H,18,19)(H,20,21)(H,16,17,22)/b15-6+. The molecule has 0 bridgehead atoms. The van der Waals surface area contributed by atoms with Crippen molar-refractivity contribution in [2.75, 3.05) is 6.61 Å². The van der Waals surface area contributed by atoms with Crippen LogP contribution in [-0.2, 0) is 14.4 Å². The quantitative estimate of drug-likeness (QED) is 0.481. The highest BCUT2D eigenvalue weighted by Crippen LogP contribution is 2.22. The molecule has 1 aliphatic heterocycles. The van der Waals surface area contributed by atoms with Crippen LogP contribution in [-0.4, -0.2) is 51.3 Å². The second-order valence-electron chi connectivity index (χ2n) is 4.59. The van der Waals surface area contributed by atoms with Crippen LogP contribution in [0.4, 0.5) is 0 Å². The summed E-state index contributed by atoms with van der Waals surface area (Å²) < 4.78 is 4.99. The van der Waals surface area contributed by atoms with Gasteiger partial charge in [0, 0.05) is 0 Å². The number of nitrogens with zero attached hydrogens (tertiary/aromatic N) is 2. The molecule has 0 aromatic heterocycles.